The molecule has 482 valence electrons. The molecule has 1 atom stereocenters. The fraction of sp³-hybridized carbons (Fsp3) is 0.805. The van der Waals surface area contributed by atoms with Crippen molar-refractivity contribution in [1.29, 1.82) is 0 Å². The van der Waals surface area contributed by atoms with Crippen molar-refractivity contribution in [3.63, 3.8) is 0 Å². The number of hydrogen-bond donors (Lipinski definition) is 0. The fourth-order valence-electron chi connectivity index (χ4n) is 10.8. The quantitative estimate of drug-likeness (QED) is 0.0261. The van der Waals surface area contributed by atoms with Crippen molar-refractivity contribution in [2.75, 3.05) is 13.2 Å². The molecule has 83 heavy (non-hydrogen) atoms. The highest BCUT2D eigenvalue weighted by atomic mass is 16.6. The molecule has 1 unspecified atom stereocenters. The summed E-state index contributed by atoms with van der Waals surface area (Å²) in [5, 5.41) is 0. The minimum Gasteiger partial charge on any atom is -0.462 e. The summed E-state index contributed by atoms with van der Waals surface area (Å²) in [5.41, 5.74) is 0. The molecule has 6 heteroatoms. The largest absolute Gasteiger partial charge is 0.462 e. The van der Waals surface area contributed by atoms with Crippen LogP contribution in [0.2, 0.25) is 0 Å². The van der Waals surface area contributed by atoms with E-state index in [1.807, 2.05) is 0 Å². The molecule has 0 heterocycles. The molecule has 0 saturated heterocycles. The van der Waals surface area contributed by atoms with Crippen LogP contribution in [0.15, 0.2) is 72.9 Å². The standard InChI is InChI=1S/C77H138O6/c1-4-7-10-13-16-19-22-25-27-29-30-31-32-33-34-35-36-37-38-39-40-41-42-43-44-45-46-48-49-52-55-58-61-64-67-70-76(79)82-73-74(72-81-75(78)69-66-63-60-57-54-51-24-21-18-15-12-9-6-3)83-77(80)71-68-65-62-59-56-53-50-47-28-26-23-20-17-14-11-8-5-2/h8-9,11-12,17-18,20-21,26,28,51,54,74H,4-7,10,13-16,19,22-25,27,29-50,52-53,55-73H2,1-3H3/b11-8-,12-9-,20-17-,21-18-,28-26-,54-51-. The minimum absolute atomic E-state index is 0.0863. The maximum absolute atomic E-state index is 12.9. The predicted octanol–water partition coefficient (Wildman–Crippen LogP) is 25.2. The summed E-state index contributed by atoms with van der Waals surface area (Å²) in [5.74, 6) is -0.910. The lowest BCUT2D eigenvalue weighted by atomic mass is 10.0. The lowest BCUT2D eigenvalue weighted by Gasteiger charge is -2.18. The Hall–Kier alpha value is -3.15. The van der Waals surface area contributed by atoms with Crippen molar-refractivity contribution in [3.8, 4) is 0 Å². The van der Waals surface area contributed by atoms with Gasteiger partial charge in [-0.25, -0.2) is 0 Å². The topological polar surface area (TPSA) is 78.9 Å². The number of carbonyl (C=O) groups is 3. The normalized spacial score (nSPS) is 12.5. The van der Waals surface area contributed by atoms with Crippen LogP contribution in [0, 0.1) is 0 Å². The Morgan fingerprint density at radius 1 is 0.253 bits per heavy atom. The first-order valence-corrected chi connectivity index (χ1v) is 36.4. The molecular formula is C77H138O6. The van der Waals surface area contributed by atoms with Gasteiger partial charge >= 0.3 is 17.9 Å². The second-order valence-electron chi connectivity index (χ2n) is 24.4. The van der Waals surface area contributed by atoms with E-state index in [0.717, 1.165) is 109 Å². The van der Waals surface area contributed by atoms with Crippen LogP contribution in [0.3, 0.4) is 0 Å². The molecule has 0 aliphatic heterocycles. The lowest BCUT2D eigenvalue weighted by Crippen LogP contribution is -2.30. The van der Waals surface area contributed by atoms with Crippen molar-refractivity contribution in [2.45, 2.75) is 386 Å². The average molecular weight is 1160 g/mol. The number of allylic oxidation sites excluding steroid dienone is 12. The minimum atomic E-state index is -0.793. The smallest absolute Gasteiger partial charge is 0.306 e. The van der Waals surface area contributed by atoms with Crippen LogP contribution in [0.5, 0.6) is 0 Å². The van der Waals surface area contributed by atoms with Crippen LogP contribution >= 0.6 is 0 Å². The van der Waals surface area contributed by atoms with Gasteiger partial charge in [-0.15, -0.1) is 0 Å². The SMILES string of the molecule is CC/C=C\C/C=C\C/C=C\CCCCCCCCCC(=O)OC(COC(=O)CCCCC/C=C\C/C=C\C/C=C\CC)COC(=O)CCCCCCCCCCCCCCCCCCCCCCCCCCCCCCCCCCCCC. The number of hydrogen-bond acceptors (Lipinski definition) is 6. The first-order chi connectivity index (χ1) is 41.0. The summed E-state index contributed by atoms with van der Waals surface area (Å²) in [4.78, 5) is 38.3. The van der Waals surface area contributed by atoms with E-state index in [-0.39, 0.29) is 31.1 Å². The Morgan fingerprint density at radius 2 is 0.470 bits per heavy atom. The van der Waals surface area contributed by atoms with Gasteiger partial charge in [0.15, 0.2) is 6.10 Å². The molecule has 0 aliphatic carbocycles. The number of rotatable bonds is 67. The predicted molar refractivity (Wildman–Crippen MR) is 362 cm³/mol. The van der Waals surface area contributed by atoms with Crippen molar-refractivity contribution < 1.29 is 28.6 Å². The van der Waals surface area contributed by atoms with E-state index >= 15 is 0 Å². The molecule has 0 N–H and O–H groups in total. The first kappa shape index (κ1) is 79.8. The Balaban J connectivity index is 4.09. The third-order valence-electron chi connectivity index (χ3n) is 16.2. The Labute approximate surface area is 516 Å². The van der Waals surface area contributed by atoms with Gasteiger partial charge in [0.05, 0.1) is 0 Å². The summed E-state index contributed by atoms with van der Waals surface area (Å²) in [7, 11) is 0. The summed E-state index contributed by atoms with van der Waals surface area (Å²) in [6.07, 6.45) is 94.0. The summed E-state index contributed by atoms with van der Waals surface area (Å²) in [6.45, 7) is 6.43. The summed E-state index contributed by atoms with van der Waals surface area (Å²) >= 11 is 0. The average Bonchev–Trinajstić information content (AvgIpc) is 3.49. The zero-order valence-electron chi connectivity index (χ0n) is 55.5. The van der Waals surface area contributed by atoms with Gasteiger partial charge in [-0.05, 0) is 83.5 Å². The third-order valence-corrected chi connectivity index (χ3v) is 16.2. The fourth-order valence-corrected chi connectivity index (χ4v) is 10.8. The molecular weight excluding hydrogens is 1020 g/mol. The zero-order chi connectivity index (χ0) is 59.9. The van der Waals surface area contributed by atoms with E-state index < -0.39 is 6.10 Å². The highest BCUT2D eigenvalue weighted by Gasteiger charge is 2.19. The van der Waals surface area contributed by atoms with E-state index in [1.54, 1.807) is 0 Å². The first-order valence-electron chi connectivity index (χ1n) is 36.4. The van der Waals surface area contributed by atoms with Crippen LogP contribution < -0.4 is 0 Å². The number of ether oxygens (including phenoxy) is 3. The second kappa shape index (κ2) is 71.3. The summed E-state index contributed by atoms with van der Waals surface area (Å²) < 4.78 is 16.9. The second-order valence-corrected chi connectivity index (χ2v) is 24.4. The Morgan fingerprint density at radius 3 is 0.747 bits per heavy atom. The Kier molecular flexibility index (Phi) is 68.6. The van der Waals surface area contributed by atoms with Gasteiger partial charge in [-0.2, -0.15) is 0 Å². The van der Waals surface area contributed by atoms with Gasteiger partial charge in [0.25, 0.3) is 0 Å². The molecule has 0 aromatic rings. The lowest BCUT2D eigenvalue weighted by molar-refractivity contribution is -0.167. The molecule has 0 amide bonds. The van der Waals surface area contributed by atoms with Gasteiger partial charge in [-0.1, -0.05) is 351 Å². The molecule has 0 fully saturated rings. The molecule has 0 aliphatic rings. The van der Waals surface area contributed by atoms with Gasteiger partial charge in [-0.3, -0.25) is 14.4 Å². The molecule has 0 radical (unpaired) electrons. The summed E-state index contributed by atoms with van der Waals surface area (Å²) in [6, 6.07) is 0. The van der Waals surface area contributed by atoms with Crippen LogP contribution in [-0.4, -0.2) is 37.2 Å². The molecule has 0 aromatic heterocycles. The number of esters is 3. The van der Waals surface area contributed by atoms with Crippen LogP contribution in [0.1, 0.15) is 380 Å². The van der Waals surface area contributed by atoms with Crippen molar-refractivity contribution >= 4 is 17.9 Å². The highest BCUT2D eigenvalue weighted by molar-refractivity contribution is 5.71. The van der Waals surface area contributed by atoms with Crippen LogP contribution in [0.4, 0.5) is 0 Å². The number of carbonyl (C=O) groups excluding carboxylic acids is 3. The van der Waals surface area contributed by atoms with E-state index in [9.17, 15) is 14.4 Å². The Bertz CT molecular complexity index is 1520. The van der Waals surface area contributed by atoms with Gasteiger partial charge in [0.2, 0.25) is 0 Å². The molecule has 6 nitrogen and oxygen atoms in total. The third kappa shape index (κ3) is 69.5. The monoisotopic (exact) mass is 1160 g/mol. The number of unbranched alkanes of at least 4 members (excludes halogenated alkanes) is 44. The van der Waals surface area contributed by atoms with Gasteiger partial charge < -0.3 is 14.2 Å². The maximum atomic E-state index is 12.9. The highest BCUT2D eigenvalue weighted by Crippen LogP contribution is 2.19. The van der Waals surface area contributed by atoms with Crippen LogP contribution in [0.25, 0.3) is 0 Å². The maximum Gasteiger partial charge on any atom is 0.306 e. The molecule has 0 spiro atoms. The van der Waals surface area contributed by atoms with Crippen molar-refractivity contribution in [1.82, 2.24) is 0 Å². The van der Waals surface area contributed by atoms with Crippen molar-refractivity contribution in [2.24, 2.45) is 0 Å². The van der Waals surface area contributed by atoms with E-state index in [4.69, 9.17) is 14.2 Å². The molecule has 0 aromatic carbocycles. The van der Waals surface area contributed by atoms with Crippen LogP contribution in [-0.2, 0) is 28.6 Å². The van der Waals surface area contributed by atoms with E-state index in [1.165, 1.54) is 231 Å². The molecule has 0 rings (SSSR count). The van der Waals surface area contributed by atoms with E-state index in [0.29, 0.717) is 19.3 Å². The molecule has 0 bridgehead atoms. The zero-order valence-corrected chi connectivity index (χ0v) is 55.5. The van der Waals surface area contributed by atoms with Gasteiger partial charge in [0.1, 0.15) is 13.2 Å². The van der Waals surface area contributed by atoms with E-state index in [2.05, 4.69) is 93.7 Å². The van der Waals surface area contributed by atoms with Gasteiger partial charge in [0, 0.05) is 19.3 Å². The van der Waals surface area contributed by atoms with Crippen molar-refractivity contribution in [3.05, 3.63) is 72.9 Å². The molecule has 0 saturated carbocycles.